The van der Waals surface area contributed by atoms with Crippen LogP contribution in [0.25, 0.3) is 0 Å². The van der Waals surface area contributed by atoms with Gasteiger partial charge in [0.1, 0.15) is 23.3 Å². The molecule has 2 heterocycles. The monoisotopic (exact) mass is 531 g/mol. The molecule has 2 saturated heterocycles. The van der Waals surface area contributed by atoms with Crippen molar-refractivity contribution in [2.45, 2.75) is 31.2 Å². The van der Waals surface area contributed by atoms with Gasteiger partial charge in [0.05, 0.1) is 13.7 Å². The number of hydrogen-bond donors (Lipinski definition) is 1. The number of halogens is 1. The lowest BCUT2D eigenvalue weighted by Crippen LogP contribution is -2.59. The van der Waals surface area contributed by atoms with Gasteiger partial charge in [0.2, 0.25) is 5.91 Å². The second-order valence-electron chi connectivity index (χ2n) is 9.68. The van der Waals surface area contributed by atoms with E-state index in [0.717, 1.165) is 5.56 Å². The van der Waals surface area contributed by atoms with Crippen LogP contribution in [-0.2, 0) is 16.1 Å². The summed E-state index contributed by atoms with van der Waals surface area (Å²) in [6.45, 7) is 1.01. The fourth-order valence-electron chi connectivity index (χ4n) is 5.20. The topological polar surface area (TPSA) is 88.2 Å². The fourth-order valence-corrected chi connectivity index (χ4v) is 5.20. The highest BCUT2D eigenvalue weighted by Crippen LogP contribution is 2.39. The normalized spacial score (nSPS) is 18.2. The van der Waals surface area contributed by atoms with Gasteiger partial charge < -0.3 is 19.7 Å². The van der Waals surface area contributed by atoms with Crippen molar-refractivity contribution in [2.75, 3.05) is 26.8 Å². The van der Waals surface area contributed by atoms with Gasteiger partial charge in [-0.1, -0.05) is 36.4 Å². The lowest BCUT2D eigenvalue weighted by molar-refractivity contribution is -0.128. The molecule has 3 aromatic rings. The third kappa shape index (κ3) is 5.49. The Morgan fingerprint density at radius 3 is 2.36 bits per heavy atom. The van der Waals surface area contributed by atoms with Gasteiger partial charge in [0, 0.05) is 43.6 Å². The van der Waals surface area contributed by atoms with Crippen LogP contribution in [0.2, 0.25) is 0 Å². The summed E-state index contributed by atoms with van der Waals surface area (Å²) in [4.78, 5) is 43.5. The SMILES string of the molecule is COc1cccc(C(=O)N2CCC3(CC2)OCC(C(=O)NCc2ccccc2)N3C(=O)c2ccc(F)cc2)c1. The highest BCUT2D eigenvalue weighted by Gasteiger charge is 2.54. The lowest BCUT2D eigenvalue weighted by atomic mass is 9.96. The van der Waals surface area contributed by atoms with Crippen LogP contribution >= 0.6 is 0 Å². The first-order chi connectivity index (χ1) is 18.9. The summed E-state index contributed by atoms with van der Waals surface area (Å²) in [5.74, 6) is -0.759. The van der Waals surface area contributed by atoms with Crippen LogP contribution in [0.15, 0.2) is 78.9 Å². The maximum absolute atomic E-state index is 13.8. The van der Waals surface area contributed by atoms with E-state index in [0.29, 0.717) is 43.8 Å². The molecule has 3 amide bonds. The van der Waals surface area contributed by atoms with Crippen molar-refractivity contribution in [1.29, 1.82) is 0 Å². The Hall–Kier alpha value is -4.24. The molecule has 1 atom stereocenters. The van der Waals surface area contributed by atoms with Crippen LogP contribution in [0.1, 0.15) is 39.1 Å². The standard InChI is InChI=1S/C30H30FN3O5/c1-38-25-9-5-8-23(18-25)28(36)33-16-14-30(15-17-33)34(29(37)22-10-12-24(31)13-11-22)26(20-39-30)27(35)32-19-21-6-3-2-4-7-21/h2-13,18,26H,14-17,19-20H2,1H3,(H,32,35). The minimum Gasteiger partial charge on any atom is -0.497 e. The molecule has 1 spiro atoms. The van der Waals surface area contributed by atoms with Crippen LogP contribution in [0.5, 0.6) is 5.75 Å². The molecule has 202 valence electrons. The molecule has 39 heavy (non-hydrogen) atoms. The number of amides is 3. The summed E-state index contributed by atoms with van der Waals surface area (Å²) in [5.41, 5.74) is 0.637. The number of nitrogens with one attached hydrogen (secondary N) is 1. The zero-order valence-electron chi connectivity index (χ0n) is 21.6. The molecule has 3 aromatic carbocycles. The summed E-state index contributed by atoms with van der Waals surface area (Å²) in [6, 6.07) is 20.8. The molecular formula is C30H30FN3O5. The second-order valence-corrected chi connectivity index (χ2v) is 9.68. The third-order valence-electron chi connectivity index (χ3n) is 7.33. The van der Waals surface area contributed by atoms with Gasteiger partial charge >= 0.3 is 0 Å². The number of methoxy groups -OCH3 is 1. The van der Waals surface area contributed by atoms with Crippen molar-refractivity contribution in [3.63, 3.8) is 0 Å². The molecule has 0 radical (unpaired) electrons. The number of hydrogen-bond acceptors (Lipinski definition) is 5. The Labute approximate surface area is 226 Å². The molecule has 5 rings (SSSR count). The van der Waals surface area contributed by atoms with E-state index < -0.39 is 23.5 Å². The van der Waals surface area contributed by atoms with E-state index >= 15 is 0 Å². The van der Waals surface area contributed by atoms with E-state index in [4.69, 9.17) is 9.47 Å². The van der Waals surface area contributed by atoms with Crippen LogP contribution in [0.3, 0.4) is 0 Å². The van der Waals surface area contributed by atoms with E-state index in [-0.39, 0.29) is 24.0 Å². The van der Waals surface area contributed by atoms with Gasteiger partial charge in [-0.2, -0.15) is 0 Å². The Kier molecular flexibility index (Phi) is 7.60. The Balaban J connectivity index is 1.35. The first-order valence-electron chi connectivity index (χ1n) is 12.9. The van der Waals surface area contributed by atoms with Crippen LogP contribution in [-0.4, -0.2) is 66.1 Å². The number of carbonyl (C=O) groups excluding carboxylic acids is 3. The quantitative estimate of drug-likeness (QED) is 0.525. The van der Waals surface area contributed by atoms with E-state index in [9.17, 15) is 18.8 Å². The number of benzene rings is 3. The fraction of sp³-hybridized carbons (Fsp3) is 0.300. The zero-order chi connectivity index (χ0) is 27.4. The number of piperidine rings is 1. The maximum Gasteiger partial charge on any atom is 0.256 e. The van der Waals surface area contributed by atoms with E-state index in [1.807, 2.05) is 30.3 Å². The first kappa shape index (κ1) is 26.4. The van der Waals surface area contributed by atoms with Gasteiger partial charge in [-0.25, -0.2) is 4.39 Å². The molecule has 2 aliphatic rings. The number of rotatable bonds is 6. The Morgan fingerprint density at radius 2 is 1.67 bits per heavy atom. The molecule has 0 saturated carbocycles. The Morgan fingerprint density at radius 1 is 0.949 bits per heavy atom. The number of carbonyl (C=O) groups is 3. The van der Waals surface area contributed by atoms with Crippen LogP contribution in [0, 0.1) is 5.82 Å². The minimum absolute atomic E-state index is 0.0252. The highest BCUT2D eigenvalue weighted by atomic mass is 19.1. The van der Waals surface area contributed by atoms with E-state index in [1.165, 1.54) is 29.2 Å². The average molecular weight is 532 g/mol. The number of likely N-dealkylation sites (tertiary alicyclic amines) is 1. The van der Waals surface area contributed by atoms with Crippen molar-refractivity contribution in [3.8, 4) is 5.75 Å². The summed E-state index contributed by atoms with van der Waals surface area (Å²) in [7, 11) is 1.55. The van der Waals surface area contributed by atoms with Crippen molar-refractivity contribution >= 4 is 17.7 Å². The maximum atomic E-state index is 13.8. The third-order valence-corrected chi connectivity index (χ3v) is 7.33. The molecule has 2 fully saturated rings. The first-order valence-corrected chi connectivity index (χ1v) is 12.9. The molecule has 0 aromatic heterocycles. The largest absolute Gasteiger partial charge is 0.497 e. The van der Waals surface area contributed by atoms with Gasteiger partial charge in [-0.3, -0.25) is 19.3 Å². The van der Waals surface area contributed by atoms with Gasteiger partial charge in [0.25, 0.3) is 11.8 Å². The predicted octanol–water partition coefficient (Wildman–Crippen LogP) is 3.62. The molecule has 8 nitrogen and oxygen atoms in total. The van der Waals surface area contributed by atoms with Crippen LogP contribution in [0.4, 0.5) is 4.39 Å². The number of nitrogens with zero attached hydrogens (tertiary/aromatic N) is 2. The molecule has 1 N–H and O–H groups in total. The summed E-state index contributed by atoms with van der Waals surface area (Å²) >= 11 is 0. The second kappa shape index (κ2) is 11.2. The van der Waals surface area contributed by atoms with Gasteiger partial charge in [-0.15, -0.1) is 0 Å². The van der Waals surface area contributed by atoms with E-state index in [1.54, 1.807) is 36.3 Å². The summed E-state index contributed by atoms with van der Waals surface area (Å²) in [5, 5.41) is 2.92. The summed E-state index contributed by atoms with van der Waals surface area (Å²) in [6.07, 6.45) is 0.663. The average Bonchev–Trinajstić information content (AvgIpc) is 3.35. The minimum atomic E-state index is -1.06. The molecule has 1 unspecified atom stereocenters. The number of ether oxygens (including phenoxy) is 2. The zero-order valence-corrected chi connectivity index (χ0v) is 21.6. The van der Waals surface area contributed by atoms with Gasteiger partial charge in [0.15, 0.2) is 0 Å². The highest BCUT2D eigenvalue weighted by molar-refractivity contribution is 5.98. The van der Waals surface area contributed by atoms with Crippen molar-refractivity contribution in [1.82, 2.24) is 15.1 Å². The molecular weight excluding hydrogens is 501 g/mol. The molecule has 0 bridgehead atoms. The Bertz CT molecular complexity index is 1340. The van der Waals surface area contributed by atoms with Gasteiger partial charge in [-0.05, 0) is 48.0 Å². The molecule has 9 heteroatoms. The molecule has 2 aliphatic heterocycles. The van der Waals surface area contributed by atoms with Crippen molar-refractivity contribution < 1.29 is 28.2 Å². The van der Waals surface area contributed by atoms with Crippen molar-refractivity contribution in [3.05, 3.63) is 101 Å². The van der Waals surface area contributed by atoms with Crippen LogP contribution < -0.4 is 10.1 Å². The lowest BCUT2D eigenvalue weighted by Gasteiger charge is -2.44. The van der Waals surface area contributed by atoms with Crippen molar-refractivity contribution in [2.24, 2.45) is 0 Å². The van der Waals surface area contributed by atoms with E-state index in [2.05, 4.69) is 5.32 Å². The smallest absolute Gasteiger partial charge is 0.256 e. The summed E-state index contributed by atoms with van der Waals surface area (Å²) < 4.78 is 25.1. The molecule has 0 aliphatic carbocycles. The predicted molar refractivity (Wildman–Crippen MR) is 141 cm³/mol.